The second kappa shape index (κ2) is 7.89. The van der Waals surface area contributed by atoms with Gasteiger partial charge in [0.15, 0.2) is 23.2 Å². The third-order valence-electron chi connectivity index (χ3n) is 5.98. The van der Waals surface area contributed by atoms with E-state index in [1.807, 2.05) is 30.3 Å². The normalized spacial score (nSPS) is 25.1. The molecule has 2 fully saturated rings. The molecule has 1 aliphatic carbocycles. The van der Waals surface area contributed by atoms with Crippen LogP contribution < -0.4 is 10.6 Å². The molecule has 1 saturated carbocycles. The van der Waals surface area contributed by atoms with E-state index in [1.54, 1.807) is 10.8 Å². The fourth-order valence-corrected chi connectivity index (χ4v) is 4.06. The third kappa shape index (κ3) is 3.64. The summed E-state index contributed by atoms with van der Waals surface area (Å²) in [7, 11) is 0. The zero-order chi connectivity index (χ0) is 22.5. The van der Waals surface area contributed by atoms with E-state index in [-0.39, 0.29) is 0 Å². The molecule has 1 aliphatic heterocycles. The van der Waals surface area contributed by atoms with Crippen molar-refractivity contribution in [3.8, 4) is 0 Å². The molecule has 4 atom stereocenters. The molecule has 0 amide bonds. The largest absolute Gasteiger partial charge is 0.394 e. The molecule has 0 radical (unpaired) electrons. The number of nitrogens with one attached hydrogen (secondary N) is 2. The fourth-order valence-electron chi connectivity index (χ4n) is 4.06. The summed E-state index contributed by atoms with van der Waals surface area (Å²) < 4.78 is 7.25. The average molecular weight is 449 g/mol. The third-order valence-corrected chi connectivity index (χ3v) is 5.98. The van der Waals surface area contributed by atoms with Crippen LogP contribution in [0, 0.1) is 0 Å². The highest BCUT2D eigenvalue weighted by molar-refractivity contribution is 5.86. The van der Waals surface area contributed by atoms with E-state index >= 15 is 0 Å². The van der Waals surface area contributed by atoms with Crippen molar-refractivity contribution in [2.45, 2.75) is 43.4 Å². The Morgan fingerprint density at radius 3 is 2.73 bits per heavy atom. The van der Waals surface area contributed by atoms with Crippen LogP contribution in [-0.2, 0) is 4.74 Å². The number of pyridine rings is 1. The highest BCUT2D eigenvalue weighted by atomic mass is 16.6. The van der Waals surface area contributed by atoms with Crippen LogP contribution in [0.2, 0.25) is 0 Å². The van der Waals surface area contributed by atoms with Gasteiger partial charge in [-0.2, -0.15) is 9.97 Å². The molecule has 6 rings (SSSR count). The standard InChI is InChI=1S/C22H23N7O4/c30-9-15-17(31)18(32)21(33-15)29-10-24-16-19(25-12-5-6-12)27-22(28-20(16)29)26-13-7-11-3-1-2-4-14(11)23-8-13/h1-4,7-8,10,12,15,17-18,21,30-32H,5-6,9H2,(H2,25,26,27,28)/t15?,17?,18-,21?/m0/s1. The van der Waals surface area contributed by atoms with Crippen molar-refractivity contribution in [2.75, 3.05) is 17.2 Å². The molecule has 11 heteroatoms. The minimum Gasteiger partial charge on any atom is -0.394 e. The van der Waals surface area contributed by atoms with Gasteiger partial charge in [-0.3, -0.25) is 9.55 Å². The van der Waals surface area contributed by atoms with Crippen LogP contribution in [-0.4, -0.2) is 70.8 Å². The quantitative estimate of drug-likeness (QED) is 0.291. The number of fused-ring (bicyclic) bond motifs is 2. The molecule has 1 saturated heterocycles. The highest BCUT2D eigenvalue weighted by Gasteiger charge is 2.44. The Kier molecular flexibility index (Phi) is 4.84. The topological polar surface area (TPSA) is 150 Å². The molecule has 1 aromatic carbocycles. The van der Waals surface area contributed by atoms with Crippen molar-refractivity contribution < 1.29 is 20.1 Å². The van der Waals surface area contributed by atoms with Crippen molar-refractivity contribution >= 4 is 39.5 Å². The van der Waals surface area contributed by atoms with Crippen molar-refractivity contribution in [1.29, 1.82) is 0 Å². The van der Waals surface area contributed by atoms with E-state index in [9.17, 15) is 15.3 Å². The Bertz CT molecular complexity index is 1320. The van der Waals surface area contributed by atoms with Crippen LogP contribution >= 0.6 is 0 Å². The lowest BCUT2D eigenvalue weighted by molar-refractivity contribution is -0.0511. The zero-order valence-electron chi connectivity index (χ0n) is 17.5. The number of aliphatic hydroxyl groups is 3. The molecule has 4 aromatic rings. The lowest BCUT2D eigenvalue weighted by Crippen LogP contribution is -2.33. The van der Waals surface area contributed by atoms with E-state index in [0.29, 0.717) is 29.0 Å². The number of rotatable bonds is 6. The molecule has 0 spiro atoms. The van der Waals surface area contributed by atoms with Crippen molar-refractivity contribution in [3.63, 3.8) is 0 Å². The molecule has 5 N–H and O–H groups in total. The average Bonchev–Trinajstić information content (AvgIpc) is 3.47. The predicted molar refractivity (Wildman–Crippen MR) is 120 cm³/mol. The minimum atomic E-state index is -1.24. The smallest absolute Gasteiger partial charge is 0.231 e. The van der Waals surface area contributed by atoms with E-state index in [0.717, 1.165) is 29.4 Å². The van der Waals surface area contributed by atoms with E-state index in [1.165, 1.54) is 6.33 Å². The van der Waals surface area contributed by atoms with Gasteiger partial charge >= 0.3 is 0 Å². The van der Waals surface area contributed by atoms with Gasteiger partial charge in [-0.15, -0.1) is 0 Å². The molecule has 3 unspecified atom stereocenters. The number of hydrogen-bond acceptors (Lipinski definition) is 10. The maximum absolute atomic E-state index is 10.5. The molecular formula is C22H23N7O4. The van der Waals surface area contributed by atoms with Gasteiger partial charge in [0.1, 0.15) is 18.3 Å². The summed E-state index contributed by atoms with van der Waals surface area (Å²) in [5.74, 6) is 0.903. The number of benzene rings is 1. The van der Waals surface area contributed by atoms with Crippen LogP contribution in [0.3, 0.4) is 0 Å². The summed E-state index contributed by atoms with van der Waals surface area (Å²) in [6.45, 7) is -0.410. The first-order valence-corrected chi connectivity index (χ1v) is 10.9. The summed E-state index contributed by atoms with van der Waals surface area (Å²) in [4.78, 5) is 18.2. The van der Waals surface area contributed by atoms with Crippen LogP contribution in [0.1, 0.15) is 19.1 Å². The first-order chi connectivity index (χ1) is 16.1. The van der Waals surface area contributed by atoms with Crippen LogP contribution in [0.4, 0.5) is 17.5 Å². The second-order valence-corrected chi connectivity index (χ2v) is 8.41. The first kappa shape index (κ1) is 20.2. The SMILES string of the molecule is OCC1OC(n2cnc3c(NC4CC4)nc(Nc4cnc5ccccc5c4)nc32)[C@@H](O)C1O. The van der Waals surface area contributed by atoms with Gasteiger partial charge in [0.05, 0.1) is 30.3 Å². The van der Waals surface area contributed by atoms with Crippen LogP contribution in [0.5, 0.6) is 0 Å². The van der Waals surface area contributed by atoms with Crippen molar-refractivity contribution in [3.05, 3.63) is 42.9 Å². The maximum Gasteiger partial charge on any atom is 0.231 e. The summed E-state index contributed by atoms with van der Waals surface area (Å²) >= 11 is 0. The molecule has 3 aromatic heterocycles. The lowest BCUT2D eigenvalue weighted by atomic mass is 10.1. The maximum atomic E-state index is 10.5. The Balaban J connectivity index is 1.40. The first-order valence-electron chi connectivity index (χ1n) is 10.9. The molecule has 170 valence electrons. The van der Waals surface area contributed by atoms with Crippen LogP contribution in [0.15, 0.2) is 42.9 Å². The molecule has 2 aliphatic rings. The number of para-hydroxylation sites is 1. The van der Waals surface area contributed by atoms with Crippen molar-refractivity contribution in [1.82, 2.24) is 24.5 Å². The summed E-state index contributed by atoms with van der Waals surface area (Å²) in [6, 6.07) is 10.1. The molecule has 33 heavy (non-hydrogen) atoms. The number of aromatic nitrogens is 5. The zero-order valence-corrected chi connectivity index (χ0v) is 17.5. The minimum absolute atomic E-state index is 0.330. The number of anilines is 3. The number of ether oxygens (including phenoxy) is 1. The Hall–Kier alpha value is -3.38. The predicted octanol–water partition coefficient (Wildman–Crippen LogP) is 1.30. The number of aliphatic hydroxyl groups excluding tert-OH is 3. The Morgan fingerprint density at radius 1 is 1.09 bits per heavy atom. The van der Waals surface area contributed by atoms with Crippen LogP contribution in [0.25, 0.3) is 22.1 Å². The van der Waals surface area contributed by atoms with Gasteiger partial charge in [-0.25, -0.2) is 4.98 Å². The lowest BCUT2D eigenvalue weighted by Gasteiger charge is -2.17. The van der Waals surface area contributed by atoms with Gasteiger partial charge in [0, 0.05) is 11.4 Å². The van der Waals surface area contributed by atoms with Gasteiger partial charge in [-0.1, -0.05) is 18.2 Å². The van der Waals surface area contributed by atoms with Gasteiger partial charge < -0.3 is 30.7 Å². The second-order valence-electron chi connectivity index (χ2n) is 8.41. The number of imidazole rings is 1. The van der Waals surface area contributed by atoms with Gasteiger partial charge in [-0.05, 0) is 25.0 Å². The van der Waals surface area contributed by atoms with E-state index in [2.05, 4.69) is 30.6 Å². The molecule has 11 nitrogen and oxygen atoms in total. The molecular weight excluding hydrogens is 426 g/mol. The summed E-state index contributed by atoms with van der Waals surface area (Å²) in [5.41, 5.74) is 2.57. The van der Waals surface area contributed by atoms with E-state index in [4.69, 9.17) is 4.74 Å². The fraction of sp³-hybridized carbons (Fsp3) is 0.364. The van der Waals surface area contributed by atoms with E-state index < -0.39 is 31.1 Å². The summed E-state index contributed by atoms with van der Waals surface area (Å²) in [5, 5.41) is 37.7. The monoisotopic (exact) mass is 449 g/mol. The number of nitrogens with zero attached hydrogens (tertiary/aromatic N) is 5. The highest BCUT2D eigenvalue weighted by Crippen LogP contribution is 2.34. The summed E-state index contributed by atoms with van der Waals surface area (Å²) in [6.07, 6.45) is 1.03. The van der Waals surface area contributed by atoms with Gasteiger partial charge in [0.25, 0.3) is 0 Å². The Morgan fingerprint density at radius 2 is 1.94 bits per heavy atom. The van der Waals surface area contributed by atoms with Gasteiger partial charge in [0.2, 0.25) is 5.95 Å². The number of hydrogen-bond donors (Lipinski definition) is 5. The molecule has 0 bridgehead atoms. The Labute approximate surface area is 188 Å². The molecule has 4 heterocycles. The van der Waals surface area contributed by atoms with Crippen molar-refractivity contribution in [2.24, 2.45) is 0 Å².